The van der Waals surface area contributed by atoms with Gasteiger partial charge in [0.2, 0.25) is 0 Å². The zero-order valence-electron chi connectivity index (χ0n) is 8.58. The highest BCUT2D eigenvalue weighted by Gasteiger charge is 2.21. The van der Waals surface area contributed by atoms with Crippen LogP contribution in [0.2, 0.25) is 0 Å². The summed E-state index contributed by atoms with van der Waals surface area (Å²) in [5, 5.41) is 3.11. The average molecular weight is 195 g/mol. The van der Waals surface area contributed by atoms with E-state index in [0.29, 0.717) is 6.61 Å². The topological polar surface area (TPSA) is 34.4 Å². The highest BCUT2D eigenvalue weighted by molar-refractivity contribution is 5.15. The molecule has 3 nitrogen and oxygen atoms in total. The highest BCUT2D eigenvalue weighted by Crippen LogP contribution is 2.29. The first kappa shape index (κ1) is 9.74. The summed E-state index contributed by atoms with van der Waals surface area (Å²) < 4.78 is 10.9. The van der Waals surface area contributed by atoms with Crippen molar-refractivity contribution < 1.29 is 9.15 Å². The van der Waals surface area contributed by atoms with Gasteiger partial charge in [-0.05, 0) is 31.9 Å². The predicted octanol–water partition coefficient (Wildman–Crippen LogP) is 1.93. The number of hydrogen-bond acceptors (Lipinski definition) is 3. The number of furan rings is 1. The Hall–Kier alpha value is -0.800. The molecule has 14 heavy (non-hydrogen) atoms. The maximum atomic E-state index is 5.57. The summed E-state index contributed by atoms with van der Waals surface area (Å²) in [7, 11) is 1.93. The minimum Gasteiger partial charge on any atom is -0.467 e. The molecule has 1 N–H and O–H groups in total. The van der Waals surface area contributed by atoms with E-state index >= 15 is 0 Å². The van der Waals surface area contributed by atoms with Crippen molar-refractivity contribution in [3.63, 3.8) is 0 Å². The van der Waals surface area contributed by atoms with Crippen molar-refractivity contribution in [1.29, 1.82) is 0 Å². The van der Waals surface area contributed by atoms with Crippen molar-refractivity contribution in [2.24, 2.45) is 5.92 Å². The van der Waals surface area contributed by atoms with Gasteiger partial charge in [-0.15, -0.1) is 0 Å². The van der Waals surface area contributed by atoms with E-state index in [1.54, 1.807) is 6.26 Å². The molecule has 2 rings (SSSR count). The third-order valence-corrected chi connectivity index (χ3v) is 2.49. The van der Waals surface area contributed by atoms with Crippen LogP contribution in [-0.2, 0) is 17.9 Å². The summed E-state index contributed by atoms with van der Waals surface area (Å²) in [5.74, 6) is 1.78. The van der Waals surface area contributed by atoms with Crippen molar-refractivity contribution in [3.05, 3.63) is 23.7 Å². The van der Waals surface area contributed by atoms with Crippen LogP contribution in [0, 0.1) is 5.92 Å². The van der Waals surface area contributed by atoms with Crippen LogP contribution in [0.15, 0.2) is 16.7 Å². The van der Waals surface area contributed by atoms with Crippen LogP contribution < -0.4 is 5.32 Å². The highest BCUT2D eigenvalue weighted by atomic mass is 16.5. The van der Waals surface area contributed by atoms with E-state index in [0.717, 1.165) is 24.8 Å². The molecule has 1 saturated carbocycles. The monoisotopic (exact) mass is 195 g/mol. The molecule has 0 unspecified atom stereocenters. The SMILES string of the molecule is CNCc1ccoc1COCC1CC1. The van der Waals surface area contributed by atoms with Crippen LogP contribution in [0.1, 0.15) is 24.2 Å². The molecule has 0 spiro atoms. The summed E-state index contributed by atoms with van der Waals surface area (Å²) in [4.78, 5) is 0. The van der Waals surface area contributed by atoms with Gasteiger partial charge in [-0.2, -0.15) is 0 Å². The molecule has 0 aromatic carbocycles. The van der Waals surface area contributed by atoms with E-state index in [-0.39, 0.29) is 0 Å². The number of rotatable bonds is 6. The van der Waals surface area contributed by atoms with Gasteiger partial charge in [0.1, 0.15) is 12.4 Å². The first-order valence-corrected chi connectivity index (χ1v) is 5.17. The standard InChI is InChI=1S/C11H17NO2/c1-12-6-10-4-5-14-11(10)8-13-7-9-2-3-9/h4-5,9,12H,2-3,6-8H2,1H3. The minimum atomic E-state index is 0.612. The van der Waals surface area contributed by atoms with Gasteiger partial charge < -0.3 is 14.5 Å². The van der Waals surface area contributed by atoms with E-state index in [4.69, 9.17) is 9.15 Å². The molecule has 1 aromatic rings. The normalized spacial score (nSPS) is 16.1. The minimum absolute atomic E-state index is 0.612. The fourth-order valence-corrected chi connectivity index (χ4v) is 1.44. The van der Waals surface area contributed by atoms with Gasteiger partial charge in [0.15, 0.2) is 0 Å². The lowest BCUT2D eigenvalue weighted by molar-refractivity contribution is 0.0965. The summed E-state index contributed by atoms with van der Waals surface area (Å²) in [6.07, 6.45) is 4.39. The molecule has 0 bridgehead atoms. The van der Waals surface area contributed by atoms with Crippen molar-refractivity contribution in [2.45, 2.75) is 26.0 Å². The first-order valence-electron chi connectivity index (χ1n) is 5.17. The zero-order valence-corrected chi connectivity index (χ0v) is 8.58. The van der Waals surface area contributed by atoms with Gasteiger partial charge in [-0.25, -0.2) is 0 Å². The Kier molecular flexibility index (Phi) is 3.22. The van der Waals surface area contributed by atoms with Crippen LogP contribution in [-0.4, -0.2) is 13.7 Å². The van der Waals surface area contributed by atoms with Crippen LogP contribution in [0.5, 0.6) is 0 Å². The van der Waals surface area contributed by atoms with E-state index in [9.17, 15) is 0 Å². The zero-order chi connectivity index (χ0) is 9.80. The summed E-state index contributed by atoms with van der Waals surface area (Å²) >= 11 is 0. The summed E-state index contributed by atoms with van der Waals surface area (Å²) in [6.45, 7) is 2.35. The maximum absolute atomic E-state index is 5.57. The fraction of sp³-hybridized carbons (Fsp3) is 0.636. The van der Waals surface area contributed by atoms with Crippen molar-refractivity contribution in [3.8, 4) is 0 Å². The van der Waals surface area contributed by atoms with E-state index in [2.05, 4.69) is 5.32 Å². The largest absolute Gasteiger partial charge is 0.467 e. The molecule has 0 atom stereocenters. The summed E-state index contributed by atoms with van der Waals surface area (Å²) in [6, 6.07) is 1.99. The number of nitrogens with one attached hydrogen (secondary N) is 1. The molecule has 3 heteroatoms. The first-order chi connectivity index (χ1) is 6.90. The Bertz CT molecular complexity index is 279. The molecule has 1 aromatic heterocycles. The average Bonchev–Trinajstić information content (AvgIpc) is 2.89. The molecule has 1 aliphatic rings. The lowest BCUT2D eigenvalue weighted by Gasteiger charge is -2.03. The summed E-state index contributed by atoms with van der Waals surface area (Å²) in [5.41, 5.74) is 1.20. The number of hydrogen-bond donors (Lipinski definition) is 1. The Morgan fingerprint density at radius 2 is 2.43 bits per heavy atom. The van der Waals surface area contributed by atoms with Gasteiger partial charge >= 0.3 is 0 Å². The van der Waals surface area contributed by atoms with Gasteiger partial charge in [0.25, 0.3) is 0 Å². The van der Waals surface area contributed by atoms with Gasteiger partial charge in [0.05, 0.1) is 6.26 Å². The fourth-order valence-electron chi connectivity index (χ4n) is 1.44. The Balaban J connectivity index is 1.78. The van der Waals surface area contributed by atoms with Gasteiger partial charge in [-0.1, -0.05) is 0 Å². The second kappa shape index (κ2) is 4.62. The van der Waals surface area contributed by atoms with Crippen LogP contribution in [0.4, 0.5) is 0 Å². The maximum Gasteiger partial charge on any atom is 0.133 e. The van der Waals surface area contributed by atoms with E-state index < -0.39 is 0 Å². The molecule has 0 aliphatic heterocycles. The molecule has 1 aliphatic carbocycles. The van der Waals surface area contributed by atoms with Crippen molar-refractivity contribution in [1.82, 2.24) is 5.32 Å². The quantitative estimate of drug-likeness (QED) is 0.753. The predicted molar refractivity (Wildman–Crippen MR) is 53.9 cm³/mol. The number of ether oxygens (including phenoxy) is 1. The van der Waals surface area contributed by atoms with Crippen molar-refractivity contribution in [2.75, 3.05) is 13.7 Å². The molecule has 0 saturated heterocycles. The Labute approximate surface area is 84.4 Å². The molecule has 0 amide bonds. The molecule has 1 heterocycles. The van der Waals surface area contributed by atoms with Crippen LogP contribution in [0.25, 0.3) is 0 Å². The third kappa shape index (κ3) is 2.59. The van der Waals surface area contributed by atoms with E-state index in [1.807, 2.05) is 13.1 Å². The lowest BCUT2D eigenvalue weighted by Crippen LogP contribution is -2.07. The van der Waals surface area contributed by atoms with Crippen LogP contribution >= 0.6 is 0 Å². The van der Waals surface area contributed by atoms with Crippen molar-refractivity contribution >= 4 is 0 Å². The molecular weight excluding hydrogens is 178 g/mol. The molecule has 78 valence electrons. The van der Waals surface area contributed by atoms with Gasteiger partial charge in [-0.3, -0.25) is 0 Å². The Morgan fingerprint density at radius 1 is 1.57 bits per heavy atom. The second-order valence-electron chi connectivity index (χ2n) is 3.86. The molecule has 1 fully saturated rings. The molecule has 0 radical (unpaired) electrons. The van der Waals surface area contributed by atoms with Gasteiger partial charge in [0, 0.05) is 18.7 Å². The Morgan fingerprint density at radius 3 is 3.14 bits per heavy atom. The second-order valence-corrected chi connectivity index (χ2v) is 3.86. The molecular formula is C11H17NO2. The van der Waals surface area contributed by atoms with E-state index in [1.165, 1.54) is 18.4 Å². The third-order valence-electron chi connectivity index (χ3n) is 2.49. The lowest BCUT2D eigenvalue weighted by atomic mass is 10.2. The smallest absolute Gasteiger partial charge is 0.133 e. The van der Waals surface area contributed by atoms with Crippen LogP contribution in [0.3, 0.4) is 0 Å².